The Kier molecular flexibility index (Phi) is 7.45. The number of hydrogen-bond acceptors (Lipinski definition) is 6. The van der Waals surface area contributed by atoms with Crippen molar-refractivity contribution in [1.82, 2.24) is 14.6 Å². The minimum absolute atomic E-state index is 0.0251. The quantitative estimate of drug-likeness (QED) is 0.243. The molecule has 1 amide bonds. The Labute approximate surface area is 219 Å². The molecular formula is C28H26N6O4. The van der Waals surface area contributed by atoms with E-state index in [0.29, 0.717) is 29.1 Å². The average Bonchev–Trinajstić information content (AvgIpc) is 3.44. The van der Waals surface area contributed by atoms with Gasteiger partial charge in [0, 0.05) is 11.3 Å². The van der Waals surface area contributed by atoms with Gasteiger partial charge in [0.15, 0.2) is 17.4 Å². The summed E-state index contributed by atoms with van der Waals surface area (Å²) in [6.45, 7) is 15.0. The molecule has 2 aromatic carbocycles. The molecular weight excluding hydrogens is 484 g/mol. The first-order valence-electron chi connectivity index (χ1n) is 12.1. The highest BCUT2D eigenvalue weighted by molar-refractivity contribution is 6.02. The zero-order valence-electron chi connectivity index (χ0n) is 21.5. The van der Waals surface area contributed by atoms with Crippen LogP contribution in [0.25, 0.3) is 21.7 Å². The normalized spacial score (nSPS) is 11.4. The predicted molar refractivity (Wildman–Crippen MR) is 141 cm³/mol. The van der Waals surface area contributed by atoms with Crippen molar-refractivity contribution >= 4 is 29.0 Å². The second-order valence-corrected chi connectivity index (χ2v) is 8.60. The number of imidazole rings is 1. The van der Waals surface area contributed by atoms with Gasteiger partial charge in [0.05, 0.1) is 6.61 Å². The van der Waals surface area contributed by atoms with Crippen molar-refractivity contribution in [2.75, 3.05) is 11.9 Å². The molecule has 0 fully saturated rings. The van der Waals surface area contributed by atoms with Crippen LogP contribution in [0.15, 0.2) is 42.5 Å². The summed E-state index contributed by atoms with van der Waals surface area (Å²) < 4.78 is 12.5. The van der Waals surface area contributed by atoms with Crippen LogP contribution in [0.4, 0.5) is 11.5 Å². The molecule has 0 radical (unpaired) electrons. The summed E-state index contributed by atoms with van der Waals surface area (Å²) in [5, 5.41) is 15.4. The number of aryl methyl sites for hydroxylation is 2. The maximum absolute atomic E-state index is 12.9. The van der Waals surface area contributed by atoms with Crippen LogP contribution in [0.3, 0.4) is 0 Å². The predicted octanol–water partition coefficient (Wildman–Crippen LogP) is 5.34. The van der Waals surface area contributed by atoms with Crippen LogP contribution in [-0.4, -0.2) is 39.2 Å². The van der Waals surface area contributed by atoms with E-state index in [9.17, 15) is 14.9 Å². The third-order valence-electron chi connectivity index (χ3n) is 5.94. The van der Waals surface area contributed by atoms with Crippen LogP contribution in [0.5, 0.6) is 5.75 Å². The molecule has 38 heavy (non-hydrogen) atoms. The molecule has 0 saturated heterocycles. The molecule has 0 aliphatic rings. The Morgan fingerprint density at radius 3 is 2.55 bits per heavy atom. The molecule has 0 bridgehead atoms. The standard InChI is InChI=1S/C28H26N6O4/c1-6-21(38-22-13-8-16(3)14-17(22)4)27(35)31-19-11-9-18(10-12-19)24-20(15-29)32-26-23(28(36)37-7-2)25(30-5)33-34(24)26/h8-14,21,33H,6-7H2,1-4H3,(H,31,35). The molecule has 0 aliphatic carbocycles. The lowest BCUT2D eigenvalue weighted by atomic mass is 10.1. The number of amides is 1. The van der Waals surface area contributed by atoms with Gasteiger partial charge in [-0.25, -0.2) is 14.9 Å². The largest absolute Gasteiger partial charge is 0.480 e. The van der Waals surface area contributed by atoms with Crippen molar-refractivity contribution < 1.29 is 19.1 Å². The number of anilines is 1. The summed E-state index contributed by atoms with van der Waals surface area (Å²) in [5.41, 5.74) is 3.77. The van der Waals surface area contributed by atoms with Gasteiger partial charge in [-0.2, -0.15) is 9.78 Å². The van der Waals surface area contributed by atoms with Gasteiger partial charge in [0.1, 0.15) is 23.1 Å². The maximum Gasteiger partial charge on any atom is 0.333 e. The van der Waals surface area contributed by atoms with Crippen molar-refractivity contribution in [3.05, 3.63) is 76.3 Å². The number of nitrogens with one attached hydrogen (secondary N) is 2. The lowest BCUT2D eigenvalue weighted by Gasteiger charge is -2.19. The van der Waals surface area contributed by atoms with E-state index >= 15 is 0 Å². The molecule has 4 rings (SSSR count). The van der Waals surface area contributed by atoms with Gasteiger partial charge >= 0.3 is 5.97 Å². The highest BCUT2D eigenvalue weighted by Crippen LogP contribution is 2.32. The third kappa shape index (κ3) is 4.93. The van der Waals surface area contributed by atoms with E-state index in [1.807, 2.05) is 45.0 Å². The Morgan fingerprint density at radius 1 is 1.21 bits per heavy atom. The lowest BCUT2D eigenvalue weighted by molar-refractivity contribution is -0.122. The van der Waals surface area contributed by atoms with E-state index < -0.39 is 12.1 Å². The van der Waals surface area contributed by atoms with Crippen LogP contribution in [0, 0.1) is 31.8 Å². The fourth-order valence-corrected chi connectivity index (χ4v) is 4.12. The Hall–Kier alpha value is -5.09. The number of rotatable bonds is 8. The summed E-state index contributed by atoms with van der Waals surface area (Å²) in [6.07, 6.45) is -0.196. The van der Waals surface area contributed by atoms with E-state index in [1.165, 1.54) is 4.52 Å². The number of benzene rings is 2. The fraction of sp³-hybridized carbons (Fsp3) is 0.250. The van der Waals surface area contributed by atoms with Gasteiger partial charge in [0.25, 0.3) is 11.7 Å². The molecule has 1 atom stereocenters. The highest BCUT2D eigenvalue weighted by Gasteiger charge is 2.27. The molecule has 1 unspecified atom stereocenters. The minimum atomic E-state index is -0.697. The second-order valence-electron chi connectivity index (χ2n) is 8.60. The van der Waals surface area contributed by atoms with Gasteiger partial charge in [-0.05, 0) is 51.0 Å². The second kappa shape index (κ2) is 10.9. The number of aromatic nitrogens is 3. The van der Waals surface area contributed by atoms with Crippen LogP contribution in [0.1, 0.15) is 47.4 Å². The Morgan fingerprint density at radius 2 is 1.95 bits per heavy atom. The van der Waals surface area contributed by atoms with Gasteiger partial charge < -0.3 is 19.6 Å². The number of nitrogens with zero attached hydrogens (tertiary/aromatic N) is 4. The van der Waals surface area contributed by atoms with E-state index in [1.54, 1.807) is 31.2 Å². The van der Waals surface area contributed by atoms with Crippen LogP contribution < -0.4 is 10.1 Å². The minimum Gasteiger partial charge on any atom is -0.480 e. The zero-order chi connectivity index (χ0) is 27.4. The topological polar surface area (TPSA) is 126 Å². The average molecular weight is 511 g/mol. The summed E-state index contributed by atoms with van der Waals surface area (Å²) >= 11 is 0. The summed E-state index contributed by atoms with van der Waals surface area (Å²) in [7, 11) is 0. The fourth-order valence-electron chi connectivity index (χ4n) is 4.12. The van der Waals surface area contributed by atoms with E-state index in [-0.39, 0.29) is 35.2 Å². The first-order chi connectivity index (χ1) is 18.3. The van der Waals surface area contributed by atoms with Crippen molar-refractivity contribution in [2.45, 2.75) is 40.2 Å². The molecule has 2 heterocycles. The molecule has 4 aromatic rings. The Bertz CT molecular complexity index is 1600. The molecule has 10 nitrogen and oxygen atoms in total. The monoisotopic (exact) mass is 510 g/mol. The summed E-state index contributed by atoms with van der Waals surface area (Å²) in [4.78, 5) is 33.0. The number of nitriles is 1. The number of hydrogen-bond donors (Lipinski definition) is 2. The smallest absolute Gasteiger partial charge is 0.333 e. The zero-order valence-corrected chi connectivity index (χ0v) is 21.5. The number of aromatic amines is 1. The van der Waals surface area contributed by atoms with E-state index in [2.05, 4.69) is 20.2 Å². The molecule has 0 spiro atoms. The molecule has 2 aromatic heterocycles. The van der Waals surface area contributed by atoms with Crippen molar-refractivity contribution in [2.24, 2.45) is 0 Å². The Balaban J connectivity index is 1.60. The lowest BCUT2D eigenvalue weighted by Crippen LogP contribution is -2.32. The third-order valence-corrected chi connectivity index (χ3v) is 5.94. The number of fused-ring (bicyclic) bond motifs is 1. The van der Waals surface area contributed by atoms with Gasteiger partial charge in [-0.1, -0.05) is 43.3 Å². The van der Waals surface area contributed by atoms with E-state index in [0.717, 1.165) is 11.1 Å². The first-order valence-corrected chi connectivity index (χ1v) is 12.1. The molecule has 10 heteroatoms. The molecule has 0 saturated carbocycles. The van der Waals surface area contributed by atoms with Crippen LogP contribution in [0.2, 0.25) is 0 Å². The van der Waals surface area contributed by atoms with Gasteiger partial charge in [-0.3, -0.25) is 4.79 Å². The van der Waals surface area contributed by atoms with Gasteiger partial charge in [0.2, 0.25) is 0 Å². The number of carbonyl (C=O) groups is 2. The van der Waals surface area contributed by atoms with Crippen molar-refractivity contribution in [3.8, 4) is 23.1 Å². The maximum atomic E-state index is 12.9. The number of ether oxygens (including phenoxy) is 2. The van der Waals surface area contributed by atoms with Crippen molar-refractivity contribution in [1.29, 1.82) is 5.26 Å². The summed E-state index contributed by atoms with van der Waals surface area (Å²) in [5.74, 6) is -0.351. The first kappa shape index (κ1) is 26.0. The van der Waals surface area contributed by atoms with Crippen LogP contribution >= 0.6 is 0 Å². The van der Waals surface area contributed by atoms with E-state index in [4.69, 9.17) is 16.0 Å². The van der Waals surface area contributed by atoms with Crippen LogP contribution in [-0.2, 0) is 9.53 Å². The van der Waals surface area contributed by atoms with Gasteiger partial charge in [-0.15, -0.1) is 0 Å². The number of H-pyrrole nitrogens is 1. The molecule has 2 N–H and O–H groups in total. The number of carbonyl (C=O) groups excluding carboxylic acids is 2. The number of esters is 1. The molecule has 0 aliphatic heterocycles. The van der Waals surface area contributed by atoms with Crippen molar-refractivity contribution in [3.63, 3.8) is 0 Å². The SMILES string of the molecule is [C-]#[N+]c1[nH]n2c(-c3ccc(NC(=O)C(CC)Oc4ccc(C)cc4C)cc3)c(C#N)nc2c1C(=O)OCC. The molecule has 192 valence electrons. The highest BCUT2D eigenvalue weighted by atomic mass is 16.5. The summed E-state index contributed by atoms with van der Waals surface area (Å²) in [6, 6.07) is 14.7.